The monoisotopic (exact) mass is 313 g/mol. The Kier molecular flexibility index (Phi) is 4.56. The zero-order valence-corrected chi connectivity index (χ0v) is 13.0. The molecular formula is C18H16ClNO2. The molecule has 0 bridgehead atoms. The van der Waals surface area contributed by atoms with Gasteiger partial charge in [0, 0.05) is 22.6 Å². The third-order valence-corrected chi connectivity index (χ3v) is 3.50. The molecule has 3 rings (SSSR count). The van der Waals surface area contributed by atoms with Crippen molar-refractivity contribution in [3.05, 3.63) is 70.7 Å². The zero-order chi connectivity index (χ0) is 15.4. The van der Waals surface area contributed by atoms with Gasteiger partial charge in [0.25, 0.3) is 0 Å². The van der Waals surface area contributed by atoms with Crippen LogP contribution in [0.1, 0.15) is 12.5 Å². The molecule has 0 amide bonds. The Bertz CT molecular complexity index is 838. The first-order valence-corrected chi connectivity index (χ1v) is 7.54. The van der Waals surface area contributed by atoms with Gasteiger partial charge in [-0.15, -0.1) is 0 Å². The van der Waals surface area contributed by atoms with Crippen LogP contribution in [0.5, 0.6) is 0 Å². The van der Waals surface area contributed by atoms with Crippen LogP contribution in [0.4, 0.5) is 5.69 Å². The van der Waals surface area contributed by atoms with E-state index in [1.54, 1.807) is 0 Å². The van der Waals surface area contributed by atoms with E-state index >= 15 is 0 Å². The van der Waals surface area contributed by atoms with Crippen LogP contribution >= 0.6 is 11.6 Å². The minimum Gasteiger partial charge on any atom is -0.438 e. The normalized spacial score (nSPS) is 12.0. The molecule has 0 saturated heterocycles. The standard InChI is InChI=1S/C18H16ClNO2/c1-2-21-12-14-11-13-5-3-4-6-17(13)22-18(14)20-16-9-7-15(19)8-10-16/h3-11H,2,12H2,1H3/b20-18-. The van der Waals surface area contributed by atoms with E-state index in [9.17, 15) is 0 Å². The summed E-state index contributed by atoms with van der Waals surface area (Å²) in [5, 5.41) is 1.72. The average molecular weight is 314 g/mol. The predicted octanol–water partition coefficient (Wildman–Crippen LogP) is 4.86. The molecule has 0 spiro atoms. The summed E-state index contributed by atoms with van der Waals surface area (Å²) in [4.78, 5) is 4.58. The van der Waals surface area contributed by atoms with Crippen molar-refractivity contribution in [1.82, 2.24) is 0 Å². The van der Waals surface area contributed by atoms with Crippen LogP contribution in [0, 0.1) is 0 Å². The van der Waals surface area contributed by atoms with Crippen molar-refractivity contribution >= 4 is 28.3 Å². The van der Waals surface area contributed by atoms with E-state index in [4.69, 9.17) is 20.8 Å². The SMILES string of the molecule is CCOCc1cc2ccccc2o/c1=N\c1ccc(Cl)cc1. The number of hydrogen-bond donors (Lipinski definition) is 0. The lowest BCUT2D eigenvalue weighted by Crippen LogP contribution is -2.10. The van der Waals surface area contributed by atoms with Crippen molar-refractivity contribution < 1.29 is 9.15 Å². The van der Waals surface area contributed by atoms with Crippen molar-refractivity contribution in [1.29, 1.82) is 0 Å². The Balaban J connectivity index is 2.14. The summed E-state index contributed by atoms with van der Waals surface area (Å²) >= 11 is 5.91. The molecule has 0 radical (unpaired) electrons. The second-order valence-electron chi connectivity index (χ2n) is 4.84. The first-order valence-electron chi connectivity index (χ1n) is 7.16. The maximum Gasteiger partial charge on any atom is 0.225 e. The molecule has 0 aliphatic rings. The van der Waals surface area contributed by atoms with E-state index < -0.39 is 0 Å². The number of ether oxygens (including phenoxy) is 1. The average Bonchev–Trinajstić information content (AvgIpc) is 2.55. The Morgan fingerprint density at radius 3 is 2.64 bits per heavy atom. The van der Waals surface area contributed by atoms with Gasteiger partial charge in [-0.3, -0.25) is 0 Å². The zero-order valence-electron chi connectivity index (χ0n) is 12.3. The molecule has 1 heterocycles. The van der Waals surface area contributed by atoms with Crippen LogP contribution in [-0.4, -0.2) is 6.61 Å². The Labute approximate surface area is 133 Å². The largest absolute Gasteiger partial charge is 0.438 e. The highest BCUT2D eigenvalue weighted by Crippen LogP contribution is 2.17. The minimum atomic E-state index is 0.470. The van der Waals surface area contributed by atoms with E-state index in [0.717, 1.165) is 22.2 Å². The maximum absolute atomic E-state index is 5.94. The number of hydrogen-bond acceptors (Lipinski definition) is 3. The highest BCUT2D eigenvalue weighted by molar-refractivity contribution is 6.30. The Morgan fingerprint density at radius 2 is 1.86 bits per heavy atom. The molecule has 1 aromatic heterocycles. The fraction of sp³-hybridized carbons (Fsp3) is 0.167. The molecule has 0 saturated carbocycles. The molecule has 112 valence electrons. The summed E-state index contributed by atoms with van der Waals surface area (Å²) in [5.41, 5.74) is 3.08. The summed E-state index contributed by atoms with van der Waals surface area (Å²) < 4.78 is 11.5. The molecule has 0 unspecified atom stereocenters. The number of para-hydroxylation sites is 1. The minimum absolute atomic E-state index is 0.470. The second-order valence-corrected chi connectivity index (χ2v) is 5.28. The smallest absolute Gasteiger partial charge is 0.225 e. The molecule has 0 aliphatic heterocycles. The number of benzene rings is 2. The highest BCUT2D eigenvalue weighted by atomic mass is 35.5. The van der Waals surface area contributed by atoms with Gasteiger partial charge in [0.2, 0.25) is 5.55 Å². The van der Waals surface area contributed by atoms with Crippen molar-refractivity contribution in [3.8, 4) is 0 Å². The molecule has 0 N–H and O–H groups in total. The Morgan fingerprint density at radius 1 is 1.09 bits per heavy atom. The molecule has 2 aromatic carbocycles. The fourth-order valence-corrected chi connectivity index (χ4v) is 2.28. The van der Waals surface area contributed by atoms with Gasteiger partial charge >= 0.3 is 0 Å². The molecule has 4 heteroatoms. The van der Waals surface area contributed by atoms with E-state index in [1.165, 1.54) is 0 Å². The summed E-state index contributed by atoms with van der Waals surface area (Å²) in [6.07, 6.45) is 0. The quantitative estimate of drug-likeness (QED) is 0.689. The van der Waals surface area contributed by atoms with Gasteiger partial charge in [0.1, 0.15) is 5.58 Å². The van der Waals surface area contributed by atoms with Crippen molar-refractivity contribution in [2.75, 3.05) is 6.61 Å². The first kappa shape index (κ1) is 14.8. The molecule has 3 nitrogen and oxygen atoms in total. The van der Waals surface area contributed by atoms with Crippen molar-refractivity contribution in [2.45, 2.75) is 13.5 Å². The van der Waals surface area contributed by atoms with Crippen LogP contribution in [0.3, 0.4) is 0 Å². The van der Waals surface area contributed by atoms with Crippen LogP contribution in [0.25, 0.3) is 11.0 Å². The second kappa shape index (κ2) is 6.77. The van der Waals surface area contributed by atoms with Gasteiger partial charge in [-0.05, 0) is 43.3 Å². The molecule has 0 atom stereocenters. The van der Waals surface area contributed by atoms with Crippen molar-refractivity contribution in [3.63, 3.8) is 0 Å². The molecule has 0 aliphatic carbocycles. The number of halogens is 1. The number of fused-ring (bicyclic) bond motifs is 1. The molecule has 0 fully saturated rings. The lowest BCUT2D eigenvalue weighted by atomic mass is 10.2. The third-order valence-electron chi connectivity index (χ3n) is 3.25. The van der Waals surface area contributed by atoms with Gasteiger partial charge in [0.15, 0.2) is 0 Å². The lowest BCUT2D eigenvalue weighted by molar-refractivity contribution is 0.131. The number of nitrogens with zero attached hydrogens (tertiary/aromatic N) is 1. The van der Waals surface area contributed by atoms with Gasteiger partial charge in [-0.1, -0.05) is 29.8 Å². The van der Waals surface area contributed by atoms with Crippen LogP contribution in [0.15, 0.2) is 64.0 Å². The Hall–Kier alpha value is -2.10. The summed E-state index contributed by atoms with van der Waals surface area (Å²) in [7, 11) is 0. The maximum atomic E-state index is 5.94. The van der Waals surface area contributed by atoms with Gasteiger partial charge < -0.3 is 9.15 Å². The molecule has 3 aromatic rings. The van der Waals surface area contributed by atoms with Crippen LogP contribution in [0.2, 0.25) is 5.02 Å². The number of rotatable bonds is 4. The van der Waals surface area contributed by atoms with E-state index in [0.29, 0.717) is 23.8 Å². The van der Waals surface area contributed by atoms with Gasteiger partial charge in [0.05, 0.1) is 12.3 Å². The summed E-state index contributed by atoms with van der Waals surface area (Å²) in [5.74, 6) is 0. The third kappa shape index (κ3) is 3.38. The van der Waals surface area contributed by atoms with Gasteiger partial charge in [-0.25, -0.2) is 4.99 Å². The molecule has 22 heavy (non-hydrogen) atoms. The first-order chi connectivity index (χ1) is 10.8. The fourth-order valence-electron chi connectivity index (χ4n) is 2.15. The van der Waals surface area contributed by atoms with Gasteiger partial charge in [-0.2, -0.15) is 0 Å². The van der Waals surface area contributed by atoms with Crippen molar-refractivity contribution in [2.24, 2.45) is 4.99 Å². The molecular weight excluding hydrogens is 298 g/mol. The lowest BCUT2D eigenvalue weighted by Gasteiger charge is -2.05. The summed E-state index contributed by atoms with van der Waals surface area (Å²) in [6, 6.07) is 17.3. The predicted molar refractivity (Wildman–Crippen MR) is 88.2 cm³/mol. The van der Waals surface area contributed by atoms with E-state index in [-0.39, 0.29) is 0 Å². The highest BCUT2D eigenvalue weighted by Gasteiger charge is 2.04. The summed E-state index contributed by atoms with van der Waals surface area (Å²) in [6.45, 7) is 3.08. The topological polar surface area (TPSA) is 34.7 Å². The van der Waals surface area contributed by atoms with E-state index in [1.807, 2.05) is 55.5 Å². The van der Waals surface area contributed by atoms with E-state index in [2.05, 4.69) is 11.1 Å². The van der Waals surface area contributed by atoms with Crippen LogP contribution in [-0.2, 0) is 11.3 Å². The van der Waals surface area contributed by atoms with Crippen LogP contribution < -0.4 is 5.55 Å².